The molecule has 0 radical (unpaired) electrons. The number of carboxylic acid groups (broad SMARTS) is 1. The summed E-state index contributed by atoms with van der Waals surface area (Å²) in [4.78, 5) is 12.1. The Kier molecular flexibility index (Phi) is 4.08. The van der Waals surface area contributed by atoms with Crippen molar-refractivity contribution >= 4 is 29.1 Å². The van der Waals surface area contributed by atoms with Crippen LogP contribution in [-0.2, 0) is 5.75 Å². The van der Waals surface area contributed by atoms with E-state index in [2.05, 4.69) is 5.16 Å². The molecule has 0 bridgehead atoms. The van der Waals surface area contributed by atoms with Crippen LogP contribution in [0.15, 0.2) is 57.3 Å². The maximum absolute atomic E-state index is 10.8. The number of aromatic nitrogens is 1. The van der Waals surface area contributed by atoms with Crippen molar-refractivity contribution in [3.63, 3.8) is 0 Å². The van der Waals surface area contributed by atoms with E-state index in [1.165, 1.54) is 11.3 Å². The molecule has 3 rings (SSSR count). The van der Waals surface area contributed by atoms with Crippen LogP contribution in [0.3, 0.4) is 0 Å². The SMILES string of the molecule is O=C(O)c1cc(SCc2cc(-c3ccccc3)on2)cs1. The summed E-state index contributed by atoms with van der Waals surface area (Å²) in [5.74, 6) is 0.494. The molecule has 21 heavy (non-hydrogen) atoms. The Balaban J connectivity index is 1.66. The average Bonchev–Trinajstić information content (AvgIpc) is 3.15. The fraction of sp³-hybridized carbons (Fsp3) is 0.0667. The van der Waals surface area contributed by atoms with Gasteiger partial charge in [0.2, 0.25) is 0 Å². The van der Waals surface area contributed by atoms with E-state index in [1.54, 1.807) is 17.8 Å². The highest BCUT2D eigenvalue weighted by Gasteiger charge is 2.10. The van der Waals surface area contributed by atoms with E-state index < -0.39 is 5.97 Å². The first-order valence-electron chi connectivity index (χ1n) is 6.18. The summed E-state index contributed by atoms with van der Waals surface area (Å²) in [5, 5.41) is 14.8. The van der Waals surface area contributed by atoms with Gasteiger partial charge < -0.3 is 9.63 Å². The van der Waals surface area contributed by atoms with Crippen molar-refractivity contribution in [3.8, 4) is 11.3 Å². The molecule has 106 valence electrons. The lowest BCUT2D eigenvalue weighted by Crippen LogP contribution is -1.89. The quantitative estimate of drug-likeness (QED) is 0.707. The van der Waals surface area contributed by atoms with Gasteiger partial charge in [0, 0.05) is 27.7 Å². The minimum Gasteiger partial charge on any atom is -0.477 e. The highest BCUT2D eigenvalue weighted by atomic mass is 32.2. The molecular formula is C15H11NO3S2. The lowest BCUT2D eigenvalue weighted by molar-refractivity contribution is 0.0702. The molecule has 0 spiro atoms. The van der Waals surface area contributed by atoms with E-state index in [4.69, 9.17) is 9.63 Å². The van der Waals surface area contributed by atoms with Crippen LogP contribution in [-0.4, -0.2) is 16.2 Å². The molecular weight excluding hydrogens is 306 g/mol. The highest BCUT2D eigenvalue weighted by Crippen LogP contribution is 2.29. The molecule has 6 heteroatoms. The number of thioether (sulfide) groups is 1. The van der Waals surface area contributed by atoms with Crippen molar-refractivity contribution in [3.05, 3.63) is 58.4 Å². The van der Waals surface area contributed by atoms with Crippen molar-refractivity contribution in [1.82, 2.24) is 5.16 Å². The zero-order valence-corrected chi connectivity index (χ0v) is 12.5. The van der Waals surface area contributed by atoms with Crippen LogP contribution in [0.2, 0.25) is 0 Å². The monoisotopic (exact) mass is 317 g/mol. The van der Waals surface area contributed by atoms with Crippen LogP contribution in [0, 0.1) is 0 Å². The Hall–Kier alpha value is -2.05. The van der Waals surface area contributed by atoms with E-state index in [0.717, 1.165) is 21.9 Å². The standard InChI is InChI=1S/C15H11NO3S2/c17-15(18)14-7-12(9-21-14)20-8-11-6-13(19-16-11)10-4-2-1-3-5-10/h1-7,9H,8H2,(H,17,18). The van der Waals surface area contributed by atoms with Crippen molar-refractivity contribution < 1.29 is 14.4 Å². The topological polar surface area (TPSA) is 63.3 Å². The summed E-state index contributed by atoms with van der Waals surface area (Å²) < 4.78 is 5.33. The average molecular weight is 317 g/mol. The minimum absolute atomic E-state index is 0.350. The lowest BCUT2D eigenvalue weighted by Gasteiger charge is -1.93. The Bertz CT molecular complexity index is 749. The van der Waals surface area contributed by atoms with Crippen molar-refractivity contribution in [2.24, 2.45) is 0 Å². The fourth-order valence-corrected chi connectivity index (χ4v) is 3.53. The van der Waals surface area contributed by atoms with E-state index in [9.17, 15) is 4.79 Å². The molecule has 0 aliphatic carbocycles. The van der Waals surface area contributed by atoms with Gasteiger partial charge in [0.1, 0.15) is 4.88 Å². The van der Waals surface area contributed by atoms with Gasteiger partial charge in [-0.1, -0.05) is 35.5 Å². The summed E-state index contributed by atoms with van der Waals surface area (Å²) in [6, 6.07) is 13.4. The van der Waals surface area contributed by atoms with E-state index in [0.29, 0.717) is 10.6 Å². The number of carbonyl (C=O) groups is 1. The zero-order valence-electron chi connectivity index (χ0n) is 10.9. The van der Waals surface area contributed by atoms with E-state index in [-0.39, 0.29) is 0 Å². The number of aromatic carboxylic acids is 1. The van der Waals surface area contributed by atoms with Gasteiger partial charge in [-0.2, -0.15) is 0 Å². The molecule has 0 atom stereocenters. The molecule has 0 aliphatic heterocycles. The number of nitrogens with zero attached hydrogens (tertiary/aromatic N) is 1. The summed E-state index contributed by atoms with van der Waals surface area (Å²) in [6.07, 6.45) is 0. The fourth-order valence-electron chi connectivity index (χ4n) is 1.78. The van der Waals surface area contributed by atoms with Crippen LogP contribution in [0.4, 0.5) is 0 Å². The third-order valence-corrected chi connectivity index (χ3v) is 4.87. The van der Waals surface area contributed by atoms with Gasteiger partial charge in [-0.05, 0) is 6.07 Å². The van der Waals surface area contributed by atoms with Gasteiger partial charge in [0.25, 0.3) is 0 Å². The second kappa shape index (κ2) is 6.15. The molecule has 0 unspecified atom stereocenters. The third-order valence-electron chi connectivity index (χ3n) is 2.79. The molecule has 2 aromatic heterocycles. The first-order valence-corrected chi connectivity index (χ1v) is 8.04. The molecule has 0 fully saturated rings. The van der Waals surface area contributed by atoms with Crippen LogP contribution in [0.1, 0.15) is 15.4 Å². The zero-order chi connectivity index (χ0) is 14.7. The molecule has 0 amide bonds. The largest absolute Gasteiger partial charge is 0.477 e. The molecule has 2 heterocycles. The molecule has 1 N–H and O–H groups in total. The number of hydrogen-bond donors (Lipinski definition) is 1. The molecule has 1 aromatic carbocycles. The molecule has 0 saturated carbocycles. The third kappa shape index (κ3) is 3.34. The van der Waals surface area contributed by atoms with Gasteiger partial charge in [-0.15, -0.1) is 23.1 Å². The van der Waals surface area contributed by atoms with E-state index >= 15 is 0 Å². The summed E-state index contributed by atoms with van der Waals surface area (Å²) >= 11 is 2.78. The number of carboxylic acids is 1. The predicted molar refractivity (Wildman–Crippen MR) is 82.8 cm³/mol. The Morgan fingerprint density at radius 2 is 2.10 bits per heavy atom. The summed E-state index contributed by atoms with van der Waals surface area (Å²) in [5.41, 5.74) is 1.83. The lowest BCUT2D eigenvalue weighted by atomic mass is 10.2. The van der Waals surface area contributed by atoms with Crippen molar-refractivity contribution in [2.45, 2.75) is 10.6 Å². The van der Waals surface area contributed by atoms with Gasteiger partial charge in [-0.3, -0.25) is 0 Å². The molecule has 0 aliphatic rings. The molecule has 4 nitrogen and oxygen atoms in total. The number of rotatable bonds is 5. The normalized spacial score (nSPS) is 10.7. The molecule has 3 aromatic rings. The van der Waals surface area contributed by atoms with Crippen LogP contribution in [0.5, 0.6) is 0 Å². The van der Waals surface area contributed by atoms with Gasteiger partial charge in [0.15, 0.2) is 5.76 Å². The van der Waals surface area contributed by atoms with Crippen LogP contribution < -0.4 is 0 Å². The maximum Gasteiger partial charge on any atom is 0.345 e. The minimum atomic E-state index is -0.889. The number of hydrogen-bond acceptors (Lipinski definition) is 5. The highest BCUT2D eigenvalue weighted by molar-refractivity contribution is 7.98. The summed E-state index contributed by atoms with van der Waals surface area (Å²) in [6.45, 7) is 0. The summed E-state index contributed by atoms with van der Waals surface area (Å²) in [7, 11) is 0. The predicted octanol–water partition coefficient (Wildman–Crippen LogP) is 4.39. The number of benzene rings is 1. The first kappa shape index (κ1) is 13.9. The number of thiophene rings is 1. The second-order valence-electron chi connectivity index (χ2n) is 4.29. The Labute approximate surface area is 129 Å². The first-order chi connectivity index (χ1) is 10.2. The Morgan fingerprint density at radius 3 is 2.81 bits per heavy atom. The van der Waals surface area contributed by atoms with Gasteiger partial charge >= 0.3 is 5.97 Å². The second-order valence-corrected chi connectivity index (χ2v) is 6.25. The van der Waals surface area contributed by atoms with Crippen LogP contribution >= 0.6 is 23.1 Å². The maximum atomic E-state index is 10.8. The molecule has 0 saturated heterocycles. The van der Waals surface area contributed by atoms with Crippen molar-refractivity contribution in [1.29, 1.82) is 0 Å². The van der Waals surface area contributed by atoms with Gasteiger partial charge in [0.05, 0.1) is 5.69 Å². The smallest absolute Gasteiger partial charge is 0.345 e. The van der Waals surface area contributed by atoms with Gasteiger partial charge in [-0.25, -0.2) is 4.79 Å². The van der Waals surface area contributed by atoms with E-state index in [1.807, 2.05) is 41.8 Å². The van der Waals surface area contributed by atoms with Crippen LogP contribution in [0.25, 0.3) is 11.3 Å². The Morgan fingerprint density at radius 1 is 1.29 bits per heavy atom. The van der Waals surface area contributed by atoms with Crippen molar-refractivity contribution in [2.75, 3.05) is 0 Å².